The van der Waals surface area contributed by atoms with Gasteiger partial charge in [0.15, 0.2) is 0 Å². The highest BCUT2D eigenvalue weighted by Gasteiger charge is 2.49. The number of carbonyl (C=O) groups is 1. The number of anilines is 1. The highest BCUT2D eigenvalue weighted by atomic mass is 79.9. The van der Waals surface area contributed by atoms with Crippen molar-refractivity contribution in [1.82, 2.24) is 0 Å². The summed E-state index contributed by atoms with van der Waals surface area (Å²) in [6.07, 6.45) is 4.15. The molecule has 1 unspecified atom stereocenters. The van der Waals surface area contributed by atoms with E-state index in [0.29, 0.717) is 12.1 Å². The molecule has 0 spiro atoms. The number of aryl methyl sites for hydroxylation is 1. The molecule has 1 N–H and O–H groups in total. The second-order valence-electron chi connectivity index (χ2n) is 8.16. The summed E-state index contributed by atoms with van der Waals surface area (Å²) in [6.45, 7) is 2.07. The molecule has 0 aliphatic carbocycles. The van der Waals surface area contributed by atoms with Crippen LogP contribution in [0.25, 0.3) is 10.4 Å². The number of piperidine rings is 1. The molecule has 2 fully saturated rings. The first-order valence-corrected chi connectivity index (χ1v) is 10.3. The van der Waals surface area contributed by atoms with Crippen molar-refractivity contribution in [3.8, 4) is 10.4 Å². The Morgan fingerprint density at radius 2 is 1.89 bits per heavy atom. The maximum Gasteiger partial charge on any atom is 0.411 e. The third-order valence-electron chi connectivity index (χ3n) is 6.26. The Morgan fingerprint density at radius 3 is 2.52 bits per heavy atom. The molecule has 1 aromatic heterocycles. The average Bonchev–Trinajstić information content (AvgIpc) is 3.13. The molecule has 2 aliphatic rings. The Labute approximate surface area is 175 Å². The third-order valence-corrected chi connectivity index (χ3v) is 7.16. The van der Waals surface area contributed by atoms with Crippen LogP contribution >= 0.6 is 11.3 Å². The van der Waals surface area contributed by atoms with Crippen LogP contribution in [0.4, 0.5) is 10.5 Å². The first-order valence-electron chi connectivity index (χ1n) is 9.39. The van der Waals surface area contributed by atoms with Crippen molar-refractivity contribution in [1.29, 1.82) is 0 Å². The number of fused-ring (bicyclic) bond motifs is 2. The quantitative estimate of drug-likeness (QED) is 0.726. The van der Waals surface area contributed by atoms with E-state index in [0.717, 1.165) is 33.5 Å². The van der Waals surface area contributed by atoms with Gasteiger partial charge < -0.3 is 26.2 Å². The van der Waals surface area contributed by atoms with Crippen molar-refractivity contribution < 1.29 is 31.0 Å². The predicted octanol–water partition coefficient (Wildman–Crippen LogP) is 2.05. The van der Waals surface area contributed by atoms with E-state index in [4.69, 9.17) is 4.74 Å². The number of nitrogens with one attached hydrogen (secondary N) is 1. The topological polar surface area (TPSA) is 38.3 Å². The number of ether oxygens (including phenoxy) is 1. The van der Waals surface area contributed by atoms with E-state index in [1.165, 1.54) is 18.4 Å². The molecule has 4 rings (SSSR count). The van der Waals surface area contributed by atoms with Crippen LogP contribution in [0, 0.1) is 6.92 Å². The minimum atomic E-state index is -0.330. The molecule has 1 amide bonds. The van der Waals surface area contributed by atoms with Crippen LogP contribution in [0.2, 0.25) is 0 Å². The van der Waals surface area contributed by atoms with Gasteiger partial charge in [-0.05, 0) is 30.5 Å². The highest BCUT2D eigenvalue weighted by Crippen LogP contribution is 2.40. The predicted molar refractivity (Wildman–Crippen MR) is 107 cm³/mol. The first-order chi connectivity index (χ1) is 12.4. The Morgan fingerprint density at radius 1 is 1.19 bits per heavy atom. The van der Waals surface area contributed by atoms with Crippen LogP contribution in [0.1, 0.15) is 31.2 Å². The molecule has 146 valence electrons. The number of hydrogen-bond donors (Lipinski definition) is 1. The van der Waals surface area contributed by atoms with Crippen LogP contribution in [-0.2, 0) is 4.74 Å². The molecule has 6 heteroatoms. The van der Waals surface area contributed by atoms with Gasteiger partial charge in [-0.1, -0.05) is 17.7 Å². The fourth-order valence-electron chi connectivity index (χ4n) is 4.62. The maximum atomic E-state index is 12.5. The summed E-state index contributed by atoms with van der Waals surface area (Å²) in [7, 11) is 4.64. The summed E-state index contributed by atoms with van der Waals surface area (Å²) in [5, 5.41) is 5.04. The normalized spacial score (nSPS) is 25.5. The zero-order valence-electron chi connectivity index (χ0n) is 16.1. The lowest BCUT2D eigenvalue weighted by atomic mass is 9.98. The summed E-state index contributed by atoms with van der Waals surface area (Å²) >= 11 is 1.68. The van der Waals surface area contributed by atoms with Crippen LogP contribution in [0.15, 0.2) is 35.7 Å². The lowest BCUT2D eigenvalue weighted by Gasteiger charge is -2.43. The Hall–Kier alpha value is -1.37. The van der Waals surface area contributed by atoms with Crippen LogP contribution in [-0.4, -0.2) is 42.9 Å². The van der Waals surface area contributed by atoms with E-state index in [9.17, 15) is 4.79 Å². The molecule has 27 heavy (non-hydrogen) atoms. The van der Waals surface area contributed by atoms with E-state index >= 15 is 0 Å². The van der Waals surface area contributed by atoms with Gasteiger partial charge in [0.1, 0.15) is 6.10 Å². The average molecular weight is 451 g/mol. The van der Waals surface area contributed by atoms with Crippen LogP contribution in [0.5, 0.6) is 0 Å². The SMILES string of the molecule is Cc1ccc(NC(=O)OC2C[C@H]3CC[C@@H](C2)[N+]3(C)C)c(-c2cccs2)c1.[Br-]. The largest absolute Gasteiger partial charge is 1.00 e. The molecule has 4 nitrogen and oxygen atoms in total. The fourth-order valence-corrected chi connectivity index (χ4v) is 5.38. The molecule has 0 saturated carbocycles. The van der Waals surface area contributed by atoms with Crippen molar-refractivity contribution >= 4 is 23.1 Å². The van der Waals surface area contributed by atoms with Gasteiger partial charge in [0.05, 0.1) is 31.9 Å². The number of thiophene rings is 1. The van der Waals surface area contributed by atoms with Gasteiger partial charge in [-0.3, -0.25) is 5.32 Å². The summed E-state index contributed by atoms with van der Waals surface area (Å²) < 4.78 is 6.90. The standard InChI is InChI=1S/C21H26N2O2S.BrH/c1-14-6-9-19(18(11-14)20-5-4-10-26-20)22-21(24)25-17-12-15-7-8-16(13-17)23(15,2)3;/h4-6,9-11,15-17H,7-8,12-13H2,1-3H3;1H/t15-,16+,17?;. The van der Waals surface area contributed by atoms with Gasteiger partial charge in [0, 0.05) is 36.1 Å². The van der Waals surface area contributed by atoms with Gasteiger partial charge in [-0.25, -0.2) is 4.79 Å². The maximum absolute atomic E-state index is 12.5. The number of amides is 1. The Bertz CT molecular complexity index is 791. The molecule has 2 saturated heterocycles. The monoisotopic (exact) mass is 450 g/mol. The molecule has 1 aromatic carbocycles. The Kier molecular flexibility index (Phi) is 5.99. The number of nitrogens with zero attached hydrogens (tertiary/aromatic N) is 1. The van der Waals surface area contributed by atoms with E-state index in [2.05, 4.69) is 43.8 Å². The number of benzene rings is 1. The molecular weight excluding hydrogens is 424 g/mol. The zero-order valence-corrected chi connectivity index (χ0v) is 18.5. The summed E-state index contributed by atoms with van der Waals surface area (Å²) in [6, 6.07) is 11.4. The first kappa shape index (κ1) is 20.4. The molecule has 2 aliphatic heterocycles. The smallest absolute Gasteiger partial charge is 0.411 e. The van der Waals surface area contributed by atoms with Gasteiger partial charge >= 0.3 is 6.09 Å². The van der Waals surface area contributed by atoms with E-state index in [1.807, 2.05) is 18.2 Å². The number of rotatable bonds is 3. The molecular formula is C21H27BrN2O2S. The number of halogens is 1. The van der Waals surface area contributed by atoms with Gasteiger partial charge in [-0.2, -0.15) is 0 Å². The van der Waals surface area contributed by atoms with E-state index < -0.39 is 0 Å². The van der Waals surface area contributed by atoms with Crippen molar-refractivity contribution in [2.24, 2.45) is 0 Å². The van der Waals surface area contributed by atoms with E-state index in [-0.39, 0.29) is 29.2 Å². The zero-order chi connectivity index (χ0) is 18.3. The minimum absolute atomic E-state index is 0. The molecule has 3 heterocycles. The van der Waals surface area contributed by atoms with E-state index in [1.54, 1.807) is 11.3 Å². The summed E-state index contributed by atoms with van der Waals surface area (Å²) in [4.78, 5) is 13.7. The highest BCUT2D eigenvalue weighted by molar-refractivity contribution is 7.13. The van der Waals surface area contributed by atoms with Gasteiger partial charge in [0.25, 0.3) is 0 Å². The Balaban J connectivity index is 0.00000210. The molecule has 2 aromatic rings. The number of carbonyl (C=O) groups excluding carboxylic acids is 1. The third kappa shape index (κ3) is 4.08. The minimum Gasteiger partial charge on any atom is -1.00 e. The number of quaternary nitrogens is 1. The lowest BCUT2D eigenvalue weighted by Crippen LogP contribution is -3.00. The second-order valence-corrected chi connectivity index (χ2v) is 9.11. The summed E-state index contributed by atoms with van der Waals surface area (Å²) in [5.41, 5.74) is 3.05. The van der Waals surface area contributed by atoms with Crippen LogP contribution < -0.4 is 22.3 Å². The van der Waals surface area contributed by atoms with Crippen LogP contribution in [0.3, 0.4) is 0 Å². The van der Waals surface area contributed by atoms with Crippen molar-refractivity contribution in [2.75, 3.05) is 19.4 Å². The lowest BCUT2D eigenvalue weighted by molar-refractivity contribution is -0.931. The molecule has 0 radical (unpaired) electrons. The van der Waals surface area contributed by atoms with Gasteiger partial charge in [-0.15, -0.1) is 11.3 Å². The van der Waals surface area contributed by atoms with Gasteiger partial charge in [0.2, 0.25) is 0 Å². The molecule has 3 atom stereocenters. The van der Waals surface area contributed by atoms with Crippen molar-refractivity contribution in [3.63, 3.8) is 0 Å². The summed E-state index contributed by atoms with van der Waals surface area (Å²) in [5.74, 6) is 0. The van der Waals surface area contributed by atoms with Crippen molar-refractivity contribution in [3.05, 3.63) is 41.3 Å². The second kappa shape index (κ2) is 7.94. The van der Waals surface area contributed by atoms with Crippen molar-refractivity contribution in [2.45, 2.75) is 50.8 Å². The fraction of sp³-hybridized carbons (Fsp3) is 0.476. The number of hydrogen-bond acceptors (Lipinski definition) is 3. The molecule has 2 bridgehead atoms.